The van der Waals surface area contributed by atoms with Gasteiger partial charge in [0.1, 0.15) is 0 Å². The van der Waals surface area contributed by atoms with Gasteiger partial charge >= 0.3 is 0 Å². The van der Waals surface area contributed by atoms with E-state index in [-0.39, 0.29) is 28.4 Å². The normalized spacial score (nSPS) is 13.4. The van der Waals surface area contributed by atoms with Gasteiger partial charge in [-0.05, 0) is 86.2 Å². The predicted molar refractivity (Wildman–Crippen MR) is 134 cm³/mol. The summed E-state index contributed by atoms with van der Waals surface area (Å²) < 4.78 is 25.1. The van der Waals surface area contributed by atoms with Gasteiger partial charge in [0, 0.05) is 29.5 Å². The van der Waals surface area contributed by atoms with Crippen LogP contribution in [0.5, 0.6) is 0 Å². The first-order chi connectivity index (χ1) is 16.2. The first-order valence-corrected chi connectivity index (χ1v) is 12.9. The fourth-order valence-corrected chi connectivity index (χ4v) is 5.69. The molecule has 0 saturated heterocycles. The number of aryl methyl sites for hydroxylation is 2. The molecule has 3 aromatic rings. The Morgan fingerprint density at radius 2 is 1.53 bits per heavy atom. The van der Waals surface area contributed by atoms with Crippen molar-refractivity contribution in [2.24, 2.45) is 5.92 Å². The van der Waals surface area contributed by atoms with Crippen molar-refractivity contribution < 1.29 is 18.0 Å². The Labute approximate surface area is 200 Å². The first-order valence-electron chi connectivity index (χ1n) is 11.3. The molecule has 0 aromatic heterocycles. The lowest BCUT2D eigenvalue weighted by Gasteiger charge is -2.22. The van der Waals surface area contributed by atoms with Crippen LogP contribution in [-0.4, -0.2) is 26.0 Å². The van der Waals surface area contributed by atoms with Crippen molar-refractivity contribution >= 4 is 38.7 Å². The monoisotopic (exact) mass is 476 g/mol. The highest BCUT2D eigenvalue weighted by Crippen LogP contribution is 2.33. The number of benzene rings is 3. The van der Waals surface area contributed by atoms with Crippen molar-refractivity contribution in [2.45, 2.75) is 38.5 Å². The van der Waals surface area contributed by atoms with E-state index in [9.17, 15) is 18.0 Å². The van der Waals surface area contributed by atoms with Crippen LogP contribution in [0.1, 0.15) is 41.3 Å². The van der Waals surface area contributed by atoms with Crippen LogP contribution in [0.3, 0.4) is 0 Å². The largest absolute Gasteiger partial charge is 0.322 e. The topological polar surface area (TPSA) is 83.6 Å². The summed E-state index contributed by atoms with van der Waals surface area (Å²) in [6.07, 6.45) is 1.92. The highest BCUT2D eigenvalue weighted by Gasteiger charge is 2.29. The van der Waals surface area contributed by atoms with Gasteiger partial charge in [-0.1, -0.05) is 24.3 Å². The Balaban J connectivity index is 1.60. The minimum absolute atomic E-state index is 0.167. The van der Waals surface area contributed by atoms with Crippen LogP contribution in [0.2, 0.25) is 0 Å². The number of para-hydroxylation sites is 1. The SMILES string of the molecule is CC(=O)N(c1ccc(S(=O)(=O)CC2CC2)cc1)c1cccc(C(=O)Nc2c(C)cccc2C)c1. The molecule has 0 spiro atoms. The van der Waals surface area contributed by atoms with E-state index in [1.807, 2.05) is 32.0 Å². The molecule has 1 aliphatic carbocycles. The Hall–Kier alpha value is -3.45. The van der Waals surface area contributed by atoms with Crippen molar-refractivity contribution in [3.05, 3.63) is 83.4 Å². The van der Waals surface area contributed by atoms with Gasteiger partial charge in [0.2, 0.25) is 5.91 Å². The lowest BCUT2D eigenvalue weighted by Crippen LogP contribution is -2.23. The molecule has 3 aromatic carbocycles. The standard InChI is InChI=1S/C27H28N2O4S/c1-18-6-4-7-19(2)26(18)28-27(31)22-8-5-9-24(16-22)29(20(3)30)23-12-14-25(15-13-23)34(32,33)17-21-10-11-21/h4-9,12-16,21H,10-11,17H2,1-3H3,(H,28,31). The van der Waals surface area contributed by atoms with Crippen LogP contribution >= 0.6 is 0 Å². The van der Waals surface area contributed by atoms with E-state index in [1.165, 1.54) is 11.8 Å². The molecule has 2 amide bonds. The molecule has 176 valence electrons. The van der Waals surface area contributed by atoms with Crippen LogP contribution in [-0.2, 0) is 14.6 Å². The number of sulfone groups is 1. The summed E-state index contributed by atoms with van der Waals surface area (Å²) in [5.74, 6) is -0.0961. The van der Waals surface area contributed by atoms with Gasteiger partial charge in [0.15, 0.2) is 9.84 Å². The highest BCUT2D eigenvalue weighted by atomic mass is 32.2. The summed E-state index contributed by atoms with van der Waals surface area (Å²) in [7, 11) is -3.34. The van der Waals surface area contributed by atoms with Gasteiger partial charge < -0.3 is 5.32 Å². The van der Waals surface area contributed by atoms with Gasteiger partial charge in [-0.3, -0.25) is 14.5 Å². The van der Waals surface area contributed by atoms with Crippen LogP contribution in [0.4, 0.5) is 17.1 Å². The molecule has 0 aliphatic heterocycles. The Morgan fingerprint density at radius 3 is 2.12 bits per heavy atom. The molecule has 7 heteroatoms. The van der Waals surface area contributed by atoms with E-state index < -0.39 is 9.84 Å². The zero-order valence-corrected chi connectivity index (χ0v) is 20.4. The average Bonchev–Trinajstić information content (AvgIpc) is 3.60. The van der Waals surface area contributed by atoms with Gasteiger partial charge in [-0.15, -0.1) is 0 Å². The second-order valence-electron chi connectivity index (χ2n) is 8.84. The lowest BCUT2D eigenvalue weighted by molar-refractivity contribution is -0.115. The lowest BCUT2D eigenvalue weighted by atomic mass is 10.1. The third-order valence-electron chi connectivity index (χ3n) is 6.01. The van der Waals surface area contributed by atoms with Gasteiger partial charge in [0.25, 0.3) is 5.91 Å². The van der Waals surface area contributed by atoms with E-state index in [4.69, 9.17) is 0 Å². The predicted octanol–water partition coefficient (Wildman–Crippen LogP) is 5.42. The van der Waals surface area contributed by atoms with Crippen molar-refractivity contribution in [3.8, 4) is 0 Å². The molecular formula is C27H28N2O4S. The molecule has 0 unspecified atom stereocenters. The summed E-state index contributed by atoms with van der Waals surface area (Å²) in [5.41, 5.74) is 4.16. The minimum atomic E-state index is -3.34. The number of hydrogen-bond donors (Lipinski definition) is 1. The summed E-state index contributed by atoms with van der Waals surface area (Å²) >= 11 is 0. The van der Waals surface area contributed by atoms with E-state index >= 15 is 0 Å². The molecule has 34 heavy (non-hydrogen) atoms. The number of amides is 2. The minimum Gasteiger partial charge on any atom is -0.322 e. The third kappa shape index (κ3) is 5.20. The number of hydrogen-bond acceptors (Lipinski definition) is 4. The Kier molecular flexibility index (Phi) is 6.57. The molecular weight excluding hydrogens is 448 g/mol. The van der Waals surface area contributed by atoms with Gasteiger partial charge in [0.05, 0.1) is 10.6 Å². The highest BCUT2D eigenvalue weighted by molar-refractivity contribution is 7.91. The maximum Gasteiger partial charge on any atom is 0.255 e. The van der Waals surface area contributed by atoms with Crippen molar-refractivity contribution in [1.82, 2.24) is 0 Å². The van der Waals surface area contributed by atoms with Crippen molar-refractivity contribution in [1.29, 1.82) is 0 Å². The van der Waals surface area contributed by atoms with Crippen LogP contribution < -0.4 is 10.2 Å². The second-order valence-corrected chi connectivity index (χ2v) is 10.9. The molecule has 0 radical (unpaired) electrons. The zero-order valence-electron chi connectivity index (χ0n) is 19.5. The van der Waals surface area contributed by atoms with E-state index in [0.717, 1.165) is 29.7 Å². The smallest absolute Gasteiger partial charge is 0.255 e. The molecule has 0 bridgehead atoms. The first kappa shape index (κ1) is 23.7. The number of nitrogens with one attached hydrogen (secondary N) is 1. The number of carbonyl (C=O) groups excluding carboxylic acids is 2. The van der Waals surface area contributed by atoms with E-state index in [1.54, 1.807) is 48.5 Å². The molecule has 1 fully saturated rings. The average molecular weight is 477 g/mol. The zero-order chi connectivity index (χ0) is 24.5. The summed E-state index contributed by atoms with van der Waals surface area (Å²) in [6.45, 7) is 5.30. The van der Waals surface area contributed by atoms with Gasteiger partial charge in [-0.2, -0.15) is 0 Å². The van der Waals surface area contributed by atoms with Crippen LogP contribution in [0.25, 0.3) is 0 Å². The summed E-state index contributed by atoms with van der Waals surface area (Å²) in [5, 5.41) is 2.97. The fraction of sp³-hybridized carbons (Fsp3) is 0.259. The number of nitrogens with zero attached hydrogens (tertiary/aromatic N) is 1. The number of carbonyl (C=O) groups is 2. The fourth-order valence-electron chi connectivity index (χ4n) is 3.99. The Morgan fingerprint density at radius 1 is 0.912 bits per heavy atom. The third-order valence-corrected chi connectivity index (χ3v) is 7.91. The molecule has 4 rings (SSSR count). The summed E-state index contributed by atoms with van der Waals surface area (Å²) in [4.78, 5) is 27.2. The quantitative estimate of drug-likeness (QED) is 0.493. The summed E-state index contributed by atoms with van der Waals surface area (Å²) in [6, 6.07) is 19.0. The maximum absolute atomic E-state index is 13.0. The molecule has 0 atom stereocenters. The van der Waals surface area contributed by atoms with E-state index in [0.29, 0.717) is 16.9 Å². The molecule has 6 nitrogen and oxygen atoms in total. The van der Waals surface area contributed by atoms with Crippen molar-refractivity contribution in [2.75, 3.05) is 16.0 Å². The van der Waals surface area contributed by atoms with Crippen molar-refractivity contribution in [3.63, 3.8) is 0 Å². The number of rotatable bonds is 7. The number of anilines is 3. The molecule has 1 aliphatic rings. The molecule has 0 heterocycles. The second kappa shape index (κ2) is 9.43. The maximum atomic E-state index is 13.0. The molecule has 1 N–H and O–H groups in total. The van der Waals surface area contributed by atoms with Crippen LogP contribution in [0, 0.1) is 19.8 Å². The Bertz CT molecular complexity index is 1320. The van der Waals surface area contributed by atoms with E-state index in [2.05, 4.69) is 5.32 Å². The van der Waals surface area contributed by atoms with Crippen LogP contribution in [0.15, 0.2) is 71.6 Å². The molecule has 1 saturated carbocycles. The van der Waals surface area contributed by atoms with Gasteiger partial charge in [-0.25, -0.2) is 8.42 Å².